The molecule has 3 aliphatic rings. The molecule has 0 aromatic heterocycles. The van der Waals surface area contributed by atoms with Crippen LogP contribution in [0.15, 0.2) is 29.2 Å². The molecule has 1 aromatic rings. The maximum Gasteiger partial charge on any atom is 0.243 e. The summed E-state index contributed by atoms with van der Waals surface area (Å²) in [7, 11) is -3.46. The zero-order chi connectivity index (χ0) is 20.3. The van der Waals surface area contributed by atoms with Crippen LogP contribution in [0.4, 0.5) is 0 Å². The van der Waals surface area contributed by atoms with Crippen molar-refractivity contribution in [2.45, 2.75) is 62.3 Å². The molecule has 3 fully saturated rings. The van der Waals surface area contributed by atoms with E-state index in [4.69, 9.17) is 4.74 Å². The highest BCUT2D eigenvalue weighted by Gasteiger charge is 2.35. The largest absolute Gasteiger partial charge is 0.379 e. The van der Waals surface area contributed by atoms with E-state index in [9.17, 15) is 13.2 Å². The van der Waals surface area contributed by atoms with Gasteiger partial charge in [0.05, 0.1) is 18.1 Å². The van der Waals surface area contributed by atoms with Crippen molar-refractivity contribution < 1.29 is 17.9 Å². The smallest absolute Gasteiger partial charge is 0.243 e. The number of benzene rings is 1. The van der Waals surface area contributed by atoms with Gasteiger partial charge in [-0.2, -0.15) is 4.31 Å². The van der Waals surface area contributed by atoms with Crippen molar-refractivity contribution in [2.75, 3.05) is 32.8 Å². The Kier molecular flexibility index (Phi) is 6.56. The van der Waals surface area contributed by atoms with Gasteiger partial charge in [-0.1, -0.05) is 25.0 Å². The molecule has 0 bridgehead atoms. The van der Waals surface area contributed by atoms with E-state index in [1.807, 2.05) is 12.1 Å². The number of nitrogens with zero attached hydrogens (tertiary/aromatic N) is 2. The molecule has 2 heterocycles. The lowest BCUT2D eigenvalue weighted by Gasteiger charge is -2.44. The first-order valence-corrected chi connectivity index (χ1v) is 12.5. The number of likely N-dealkylation sites (tertiary alicyclic amines) is 1. The van der Waals surface area contributed by atoms with Crippen LogP contribution in [0, 0.1) is 5.92 Å². The first-order chi connectivity index (χ1) is 14.1. The summed E-state index contributed by atoms with van der Waals surface area (Å²) >= 11 is 0. The number of hydrogen-bond donors (Lipinski definition) is 0. The van der Waals surface area contributed by atoms with Crippen LogP contribution in [0.3, 0.4) is 0 Å². The fourth-order valence-corrected chi connectivity index (χ4v) is 6.50. The quantitative estimate of drug-likeness (QED) is 0.735. The highest BCUT2D eigenvalue weighted by Crippen LogP contribution is 2.35. The summed E-state index contributed by atoms with van der Waals surface area (Å²) in [5.74, 6) is 0.956. The molecule has 1 aliphatic carbocycles. The molecule has 0 radical (unpaired) electrons. The summed E-state index contributed by atoms with van der Waals surface area (Å²) in [6.45, 7) is 2.58. The van der Waals surface area contributed by atoms with Gasteiger partial charge in [0, 0.05) is 32.1 Å². The summed E-state index contributed by atoms with van der Waals surface area (Å²) in [4.78, 5) is 15.3. The second-order valence-corrected chi connectivity index (χ2v) is 10.4. The van der Waals surface area contributed by atoms with Gasteiger partial charge in [-0.15, -0.1) is 0 Å². The molecule has 29 heavy (non-hydrogen) atoms. The van der Waals surface area contributed by atoms with Gasteiger partial charge in [0.25, 0.3) is 0 Å². The first kappa shape index (κ1) is 20.8. The first-order valence-electron chi connectivity index (χ1n) is 11.0. The van der Waals surface area contributed by atoms with E-state index in [1.54, 1.807) is 12.1 Å². The third-order valence-electron chi connectivity index (χ3n) is 6.72. The van der Waals surface area contributed by atoms with Crippen LogP contribution < -0.4 is 0 Å². The Labute approximate surface area is 174 Å². The number of rotatable bonds is 5. The van der Waals surface area contributed by atoms with Gasteiger partial charge in [0.2, 0.25) is 15.9 Å². The highest BCUT2D eigenvalue weighted by molar-refractivity contribution is 7.89. The van der Waals surface area contributed by atoms with Crippen LogP contribution in [-0.4, -0.2) is 62.4 Å². The number of fused-ring (bicyclic) bond motifs is 1. The molecule has 1 amide bonds. The Balaban J connectivity index is 1.34. The fourth-order valence-electron chi connectivity index (χ4n) is 5.09. The summed E-state index contributed by atoms with van der Waals surface area (Å²) in [5.41, 5.74) is 1.01. The molecule has 4 rings (SSSR count). The van der Waals surface area contributed by atoms with E-state index in [2.05, 4.69) is 4.90 Å². The molecule has 1 saturated carbocycles. The second-order valence-electron chi connectivity index (χ2n) is 8.50. The van der Waals surface area contributed by atoms with Gasteiger partial charge in [0.1, 0.15) is 0 Å². The van der Waals surface area contributed by atoms with Crippen LogP contribution in [0.1, 0.15) is 50.5 Å². The zero-order valence-electron chi connectivity index (χ0n) is 17.1. The number of sulfonamides is 1. The van der Waals surface area contributed by atoms with Gasteiger partial charge in [0.15, 0.2) is 0 Å². The molecule has 6 nitrogen and oxygen atoms in total. The van der Waals surface area contributed by atoms with E-state index >= 15 is 0 Å². The average molecular weight is 421 g/mol. The van der Waals surface area contributed by atoms with Gasteiger partial charge in [-0.3, -0.25) is 4.79 Å². The third-order valence-corrected chi connectivity index (χ3v) is 8.64. The minimum absolute atomic E-state index is 0.256. The molecular weight excluding hydrogens is 388 g/mol. The summed E-state index contributed by atoms with van der Waals surface area (Å²) in [6.07, 6.45) is 8.53. The Morgan fingerprint density at radius 3 is 2.41 bits per heavy atom. The Bertz CT molecular complexity index is 801. The molecule has 160 valence electrons. The molecule has 2 aliphatic heterocycles. The minimum Gasteiger partial charge on any atom is -0.379 e. The second kappa shape index (κ2) is 9.14. The standard InChI is InChI=1S/C22H32N2O4S/c25-22(24-13-3-5-19-4-1-2-6-21(19)24)12-9-18-7-10-20(11-8-18)29(26,27)23-14-16-28-17-15-23/h7-8,10-11,19,21H,1-6,9,12-17H2/t19-,21+/m1/s1. The normalized spacial score (nSPS) is 26.1. The zero-order valence-corrected chi connectivity index (χ0v) is 17.9. The SMILES string of the molecule is O=C(CCc1ccc(S(=O)(=O)N2CCOCC2)cc1)N1CCC[C@H]2CCCC[C@@H]21. The third kappa shape index (κ3) is 4.67. The van der Waals surface area contributed by atoms with Gasteiger partial charge >= 0.3 is 0 Å². The molecule has 0 spiro atoms. The lowest BCUT2D eigenvalue weighted by Crippen LogP contribution is -2.49. The van der Waals surface area contributed by atoms with E-state index in [0.29, 0.717) is 56.0 Å². The fraction of sp³-hybridized carbons (Fsp3) is 0.682. The van der Waals surface area contributed by atoms with E-state index in [1.165, 1.54) is 30.0 Å². The van der Waals surface area contributed by atoms with Crippen molar-refractivity contribution in [3.8, 4) is 0 Å². The number of amides is 1. The maximum atomic E-state index is 12.9. The van der Waals surface area contributed by atoms with E-state index in [-0.39, 0.29) is 5.91 Å². The van der Waals surface area contributed by atoms with Gasteiger partial charge in [-0.05, 0) is 55.7 Å². The van der Waals surface area contributed by atoms with Crippen LogP contribution in [0.5, 0.6) is 0 Å². The Hall–Kier alpha value is -1.44. The van der Waals surface area contributed by atoms with Crippen LogP contribution in [-0.2, 0) is 26.0 Å². The lowest BCUT2D eigenvalue weighted by atomic mass is 9.78. The highest BCUT2D eigenvalue weighted by atomic mass is 32.2. The topological polar surface area (TPSA) is 66.9 Å². The lowest BCUT2D eigenvalue weighted by molar-refractivity contribution is -0.137. The molecule has 2 atom stereocenters. The number of carbonyl (C=O) groups excluding carboxylic acids is 1. The van der Waals surface area contributed by atoms with Crippen LogP contribution in [0.2, 0.25) is 0 Å². The Morgan fingerprint density at radius 2 is 1.66 bits per heavy atom. The molecule has 0 unspecified atom stereocenters. The van der Waals surface area contributed by atoms with Gasteiger partial charge < -0.3 is 9.64 Å². The number of carbonyl (C=O) groups is 1. The monoisotopic (exact) mass is 420 g/mol. The van der Waals surface area contributed by atoms with Crippen molar-refractivity contribution >= 4 is 15.9 Å². The molecule has 2 saturated heterocycles. The number of piperidine rings is 1. The predicted molar refractivity (Wildman–Crippen MR) is 111 cm³/mol. The molecule has 7 heteroatoms. The Morgan fingerprint density at radius 1 is 0.966 bits per heavy atom. The molecule has 1 aromatic carbocycles. The summed E-state index contributed by atoms with van der Waals surface area (Å²) in [5, 5.41) is 0. The number of hydrogen-bond acceptors (Lipinski definition) is 4. The van der Waals surface area contributed by atoms with Gasteiger partial charge in [-0.25, -0.2) is 8.42 Å². The van der Waals surface area contributed by atoms with E-state index < -0.39 is 10.0 Å². The number of morpholine rings is 1. The van der Waals surface area contributed by atoms with Crippen LogP contribution in [0.25, 0.3) is 0 Å². The molecular formula is C22H32N2O4S. The van der Waals surface area contributed by atoms with Crippen molar-refractivity contribution in [3.05, 3.63) is 29.8 Å². The minimum atomic E-state index is -3.46. The van der Waals surface area contributed by atoms with Crippen LogP contribution >= 0.6 is 0 Å². The summed E-state index contributed by atoms with van der Waals surface area (Å²) < 4.78 is 32.2. The van der Waals surface area contributed by atoms with E-state index in [0.717, 1.165) is 24.9 Å². The summed E-state index contributed by atoms with van der Waals surface area (Å²) in [6, 6.07) is 7.48. The number of ether oxygens (including phenoxy) is 1. The van der Waals surface area contributed by atoms with Crippen molar-refractivity contribution in [3.63, 3.8) is 0 Å². The number of aryl methyl sites for hydroxylation is 1. The van der Waals surface area contributed by atoms with Crippen molar-refractivity contribution in [1.82, 2.24) is 9.21 Å². The maximum absolute atomic E-state index is 12.9. The predicted octanol–water partition coefficient (Wildman–Crippen LogP) is 2.82. The van der Waals surface area contributed by atoms with Crippen molar-refractivity contribution in [1.29, 1.82) is 0 Å². The van der Waals surface area contributed by atoms with Crippen molar-refractivity contribution in [2.24, 2.45) is 5.92 Å². The average Bonchev–Trinajstić information content (AvgIpc) is 2.78. The molecule has 0 N–H and O–H groups in total.